The molecule has 0 aliphatic rings. The fourth-order valence-corrected chi connectivity index (χ4v) is 4.79. The average molecular weight is 302 g/mol. The number of rotatable bonds is 4. The van der Waals surface area contributed by atoms with Crippen LogP contribution in [0.3, 0.4) is 0 Å². The Morgan fingerprint density at radius 1 is 1.22 bits per heavy atom. The fraction of sp³-hybridized carbons (Fsp3) is 0.583. The highest BCUT2D eigenvalue weighted by molar-refractivity contribution is 7.17. The molecule has 0 aliphatic heterocycles. The number of anilines is 1. The van der Waals surface area contributed by atoms with Crippen LogP contribution in [-0.2, 0) is 4.43 Å². The van der Waals surface area contributed by atoms with Crippen molar-refractivity contribution in [1.82, 2.24) is 0 Å². The highest BCUT2D eigenvalue weighted by atomic mass is 32.1. The van der Waals surface area contributed by atoms with Gasteiger partial charge in [0.2, 0.25) is 8.32 Å². The first-order chi connectivity index (χ1) is 7.98. The van der Waals surface area contributed by atoms with E-state index in [1.54, 1.807) is 11.3 Å². The molecule has 0 saturated heterocycles. The lowest BCUT2D eigenvalue weighted by Crippen LogP contribution is -2.33. The summed E-state index contributed by atoms with van der Waals surface area (Å²) in [6.45, 7) is 14.7. The van der Waals surface area contributed by atoms with Gasteiger partial charge in [0, 0.05) is 4.88 Å². The second-order valence-corrected chi connectivity index (χ2v) is 16.9. The van der Waals surface area contributed by atoms with Gasteiger partial charge in [0.05, 0.1) is 10.6 Å². The van der Waals surface area contributed by atoms with E-state index in [4.69, 9.17) is 4.43 Å². The smallest absolute Gasteiger partial charge is 0.327 e. The Hall–Kier alpha value is -0.596. The van der Waals surface area contributed by atoms with Crippen LogP contribution in [0.1, 0.15) is 15.2 Å². The molecule has 0 bridgehead atoms. The van der Waals surface area contributed by atoms with E-state index in [0.717, 1.165) is 9.88 Å². The van der Waals surface area contributed by atoms with Crippen LogP contribution in [0.25, 0.3) is 0 Å². The minimum Gasteiger partial charge on any atom is -0.516 e. The Bertz CT molecular complexity index is 444. The van der Waals surface area contributed by atoms with Crippen molar-refractivity contribution in [2.24, 2.45) is 0 Å². The molecule has 0 spiro atoms. The van der Waals surface area contributed by atoms with Crippen molar-refractivity contribution >= 4 is 38.9 Å². The molecular weight excluding hydrogens is 278 g/mol. The van der Waals surface area contributed by atoms with Gasteiger partial charge in [-0.1, -0.05) is 19.6 Å². The summed E-state index contributed by atoms with van der Waals surface area (Å²) in [6.07, 6.45) is 0. The van der Waals surface area contributed by atoms with E-state index in [9.17, 15) is 4.79 Å². The topological polar surface area (TPSA) is 38.3 Å². The maximum absolute atomic E-state index is 12.2. The summed E-state index contributed by atoms with van der Waals surface area (Å²) in [7, 11) is -3.29. The molecular formula is C12H23NO2SSi2. The van der Waals surface area contributed by atoms with Crippen LogP contribution < -0.4 is 4.98 Å². The molecule has 0 amide bonds. The van der Waals surface area contributed by atoms with Crippen LogP contribution in [0, 0.1) is 6.92 Å². The first-order valence-corrected chi connectivity index (χ1v) is 13.8. The molecule has 1 aromatic heterocycles. The van der Waals surface area contributed by atoms with Gasteiger partial charge >= 0.3 is 5.97 Å². The van der Waals surface area contributed by atoms with Crippen LogP contribution in [0.15, 0.2) is 6.07 Å². The highest BCUT2D eigenvalue weighted by Gasteiger charge is 2.25. The molecule has 1 rings (SSSR count). The second-order valence-electron chi connectivity index (χ2n) is 6.48. The Kier molecular flexibility index (Phi) is 4.45. The number of carbonyl (C=O) groups excluding carboxylic acids is 1. The van der Waals surface area contributed by atoms with E-state index in [0.29, 0.717) is 5.56 Å². The zero-order valence-corrected chi connectivity index (χ0v) is 15.1. The predicted molar refractivity (Wildman–Crippen MR) is 84.8 cm³/mol. The molecule has 0 aliphatic carbocycles. The monoisotopic (exact) mass is 301 g/mol. The lowest BCUT2D eigenvalue weighted by atomic mass is 10.3. The van der Waals surface area contributed by atoms with Crippen molar-refractivity contribution in [3.8, 4) is 0 Å². The molecule has 0 radical (unpaired) electrons. The number of hydrogen-bond acceptors (Lipinski definition) is 4. The van der Waals surface area contributed by atoms with Gasteiger partial charge in [-0.25, -0.2) is 4.79 Å². The molecule has 102 valence electrons. The van der Waals surface area contributed by atoms with Gasteiger partial charge in [-0.3, -0.25) is 0 Å². The number of thiophene rings is 1. The molecule has 0 atom stereocenters. The number of nitrogens with one attached hydrogen (secondary N) is 1. The number of aryl methyl sites for hydroxylation is 1. The van der Waals surface area contributed by atoms with Crippen molar-refractivity contribution in [1.29, 1.82) is 0 Å². The van der Waals surface area contributed by atoms with Crippen LogP contribution >= 0.6 is 11.3 Å². The van der Waals surface area contributed by atoms with Gasteiger partial charge in [0.1, 0.15) is 8.24 Å². The standard InChI is InChI=1S/C12H23NO2SSi2/c1-9-8-10(12(14)15-18(5,6)7)11(16-9)13-17(2,3)4/h8,13H,1-7H3. The van der Waals surface area contributed by atoms with E-state index in [2.05, 4.69) is 24.6 Å². The highest BCUT2D eigenvalue weighted by Crippen LogP contribution is 2.30. The quantitative estimate of drug-likeness (QED) is 0.843. The molecule has 0 aromatic carbocycles. The van der Waals surface area contributed by atoms with Crippen molar-refractivity contribution < 1.29 is 9.22 Å². The zero-order chi connectivity index (χ0) is 14.1. The van der Waals surface area contributed by atoms with Crippen LogP contribution in [0.2, 0.25) is 39.3 Å². The molecule has 1 aromatic rings. The second kappa shape index (κ2) is 5.18. The van der Waals surface area contributed by atoms with Crippen molar-refractivity contribution in [2.45, 2.75) is 46.2 Å². The summed E-state index contributed by atoms with van der Waals surface area (Å²) in [4.78, 5) is 16.8. The third-order valence-corrected chi connectivity index (χ3v) is 4.91. The van der Waals surface area contributed by atoms with Crippen molar-refractivity contribution in [3.63, 3.8) is 0 Å². The van der Waals surface area contributed by atoms with Gasteiger partial charge in [0.25, 0.3) is 0 Å². The molecule has 18 heavy (non-hydrogen) atoms. The largest absolute Gasteiger partial charge is 0.516 e. The molecule has 1 N–H and O–H groups in total. The van der Waals surface area contributed by atoms with E-state index in [1.165, 1.54) is 0 Å². The molecule has 6 heteroatoms. The zero-order valence-electron chi connectivity index (χ0n) is 12.3. The van der Waals surface area contributed by atoms with E-state index in [1.807, 2.05) is 32.6 Å². The SMILES string of the molecule is Cc1cc(C(=O)O[Si](C)(C)C)c(N[Si](C)(C)C)s1. The van der Waals surface area contributed by atoms with Crippen LogP contribution in [0.4, 0.5) is 5.00 Å². The van der Waals surface area contributed by atoms with Gasteiger partial charge in [-0.05, 0) is 32.6 Å². The molecule has 3 nitrogen and oxygen atoms in total. The first-order valence-electron chi connectivity index (χ1n) is 6.10. The number of carbonyl (C=O) groups is 1. The first kappa shape index (κ1) is 15.5. The van der Waals surface area contributed by atoms with Gasteiger partial charge in [0.15, 0.2) is 0 Å². The summed E-state index contributed by atoms with van der Waals surface area (Å²) in [5.74, 6) is -0.181. The summed E-state index contributed by atoms with van der Waals surface area (Å²) < 4.78 is 5.57. The van der Waals surface area contributed by atoms with Crippen molar-refractivity contribution in [2.75, 3.05) is 4.98 Å². The van der Waals surface area contributed by atoms with Crippen LogP contribution in [-0.4, -0.2) is 22.5 Å². The predicted octanol–water partition coefficient (Wildman–Crippen LogP) is 4.30. The third-order valence-electron chi connectivity index (χ3n) is 1.96. The normalized spacial score (nSPS) is 12.4. The van der Waals surface area contributed by atoms with Gasteiger partial charge < -0.3 is 9.41 Å². The third kappa shape index (κ3) is 4.95. The minimum absolute atomic E-state index is 0.181. The molecule has 0 saturated carbocycles. The van der Waals surface area contributed by atoms with Gasteiger partial charge in [-0.15, -0.1) is 11.3 Å². The Morgan fingerprint density at radius 3 is 2.22 bits per heavy atom. The van der Waals surface area contributed by atoms with Crippen LogP contribution in [0.5, 0.6) is 0 Å². The Morgan fingerprint density at radius 2 is 1.78 bits per heavy atom. The summed E-state index contributed by atoms with van der Waals surface area (Å²) >= 11 is 1.63. The summed E-state index contributed by atoms with van der Waals surface area (Å²) in [5.41, 5.74) is 0.697. The van der Waals surface area contributed by atoms with Gasteiger partial charge in [-0.2, -0.15) is 0 Å². The maximum Gasteiger partial charge on any atom is 0.327 e. The Labute approximate surface area is 116 Å². The molecule has 1 heterocycles. The molecule has 0 unspecified atom stereocenters. The maximum atomic E-state index is 12.2. The lowest BCUT2D eigenvalue weighted by molar-refractivity contribution is 0.0726. The lowest BCUT2D eigenvalue weighted by Gasteiger charge is -2.21. The van der Waals surface area contributed by atoms with E-state index < -0.39 is 16.6 Å². The van der Waals surface area contributed by atoms with Crippen molar-refractivity contribution in [3.05, 3.63) is 16.5 Å². The summed E-state index contributed by atoms with van der Waals surface area (Å²) in [5, 5.41) is 0.968. The van der Waals surface area contributed by atoms with E-state index >= 15 is 0 Å². The van der Waals surface area contributed by atoms with E-state index in [-0.39, 0.29) is 5.97 Å². The average Bonchev–Trinajstić information content (AvgIpc) is 2.40. The molecule has 0 fully saturated rings. The minimum atomic E-state index is -1.84. The summed E-state index contributed by atoms with van der Waals surface area (Å²) in [6, 6.07) is 1.93. The Balaban J connectivity index is 2.98. The number of hydrogen-bond donors (Lipinski definition) is 1. The fourth-order valence-electron chi connectivity index (χ4n) is 1.43.